The number of aliphatic carboxylic acids is 1. The number of carbonyl (C=O) groups is 4. The Morgan fingerprint density at radius 3 is 2.28 bits per heavy atom. The smallest absolute Gasteiger partial charge is 0.481 e. The molecule has 2 atom stereocenters. The van der Waals surface area contributed by atoms with Crippen molar-refractivity contribution >= 4 is 36.4 Å². The molecule has 29 heavy (non-hydrogen) atoms. The SMILES string of the molecule is CC(C)OC(=O)OCOC(=O)[C@H](Cc1ccccc1)NC(=O)C(N)CC(=O)O.Cl. The summed E-state index contributed by atoms with van der Waals surface area (Å²) in [5.74, 6) is -2.95. The van der Waals surface area contributed by atoms with E-state index in [1.54, 1.807) is 44.2 Å². The van der Waals surface area contributed by atoms with Crippen molar-refractivity contribution in [3.05, 3.63) is 35.9 Å². The zero-order chi connectivity index (χ0) is 21.1. The second kappa shape index (κ2) is 13.3. The highest BCUT2D eigenvalue weighted by atomic mass is 35.5. The van der Waals surface area contributed by atoms with Crippen molar-refractivity contribution < 1.29 is 38.5 Å². The number of nitrogens with two attached hydrogens (primary N) is 1. The number of halogens is 1. The van der Waals surface area contributed by atoms with Crippen LogP contribution < -0.4 is 11.1 Å². The molecule has 0 aliphatic carbocycles. The third-order valence-corrected chi connectivity index (χ3v) is 3.32. The molecule has 0 radical (unpaired) electrons. The molecule has 1 aromatic carbocycles. The first-order valence-electron chi connectivity index (χ1n) is 8.50. The minimum absolute atomic E-state index is 0. The predicted molar refractivity (Wildman–Crippen MR) is 103 cm³/mol. The highest BCUT2D eigenvalue weighted by molar-refractivity contribution is 5.90. The summed E-state index contributed by atoms with van der Waals surface area (Å²) >= 11 is 0. The molecule has 11 heteroatoms. The van der Waals surface area contributed by atoms with Gasteiger partial charge >= 0.3 is 18.1 Å². The second-order valence-electron chi connectivity index (χ2n) is 6.10. The Morgan fingerprint density at radius 1 is 1.10 bits per heavy atom. The van der Waals surface area contributed by atoms with Gasteiger partial charge in [0.25, 0.3) is 0 Å². The summed E-state index contributed by atoms with van der Waals surface area (Å²) in [4.78, 5) is 46.4. The molecule has 0 spiro atoms. The number of benzene rings is 1. The number of amides is 1. The number of nitrogens with one attached hydrogen (secondary N) is 1. The van der Waals surface area contributed by atoms with Gasteiger partial charge in [-0.25, -0.2) is 9.59 Å². The molecule has 1 aromatic rings. The van der Waals surface area contributed by atoms with E-state index in [0.717, 1.165) is 5.56 Å². The minimum Gasteiger partial charge on any atom is -0.481 e. The highest BCUT2D eigenvalue weighted by Gasteiger charge is 2.26. The lowest BCUT2D eigenvalue weighted by molar-refractivity contribution is -0.157. The molecule has 1 unspecified atom stereocenters. The van der Waals surface area contributed by atoms with Crippen LogP contribution in [0.15, 0.2) is 30.3 Å². The molecule has 162 valence electrons. The predicted octanol–water partition coefficient (Wildman–Crippen LogP) is 1.00. The Morgan fingerprint density at radius 2 is 1.72 bits per heavy atom. The Balaban J connectivity index is 0.00000784. The van der Waals surface area contributed by atoms with Gasteiger partial charge in [0.15, 0.2) is 0 Å². The van der Waals surface area contributed by atoms with Gasteiger partial charge in [0.1, 0.15) is 6.04 Å². The monoisotopic (exact) mass is 432 g/mol. The van der Waals surface area contributed by atoms with Crippen molar-refractivity contribution in [2.24, 2.45) is 5.73 Å². The van der Waals surface area contributed by atoms with Gasteiger partial charge in [-0.1, -0.05) is 30.3 Å². The van der Waals surface area contributed by atoms with E-state index < -0.39 is 55.4 Å². The van der Waals surface area contributed by atoms with E-state index in [4.69, 9.17) is 20.3 Å². The fourth-order valence-corrected chi connectivity index (χ4v) is 2.07. The van der Waals surface area contributed by atoms with E-state index in [2.05, 4.69) is 10.1 Å². The van der Waals surface area contributed by atoms with Gasteiger partial charge in [-0.15, -0.1) is 12.4 Å². The third-order valence-electron chi connectivity index (χ3n) is 3.32. The van der Waals surface area contributed by atoms with Crippen LogP contribution in [0, 0.1) is 0 Å². The van der Waals surface area contributed by atoms with Crippen molar-refractivity contribution in [1.29, 1.82) is 0 Å². The fourth-order valence-electron chi connectivity index (χ4n) is 2.07. The zero-order valence-corrected chi connectivity index (χ0v) is 16.8. The number of carboxylic acids is 1. The van der Waals surface area contributed by atoms with Crippen LogP contribution in [0.5, 0.6) is 0 Å². The van der Waals surface area contributed by atoms with Gasteiger partial charge in [-0.3, -0.25) is 9.59 Å². The van der Waals surface area contributed by atoms with Crippen LogP contribution >= 0.6 is 12.4 Å². The van der Waals surface area contributed by atoms with E-state index in [1.807, 2.05) is 0 Å². The Kier molecular flexibility index (Phi) is 12.0. The molecular formula is C18H25ClN2O8. The molecule has 0 aromatic heterocycles. The summed E-state index contributed by atoms with van der Waals surface area (Å²) in [5.41, 5.74) is 6.23. The fraction of sp³-hybridized carbons (Fsp3) is 0.444. The normalized spacial score (nSPS) is 12.1. The summed E-state index contributed by atoms with van der Waals surface area (Å²) in [6.45, 7) is 2.55. The number of rotatable bonds is 10. The van der Waals surface area contributed by atoms with Crippen molar-refractivity contribution in [3.63, 3.8) is 0 Å². The van der Waals surface area contributed by atoms with Crippen molar-refractivity contribution in [2.75, 3.05) is 6.79 Å². The Labute approximate surface area is 174 Å². The van der Waals surface area contributed by atoms with Crippen LogP contribution in [0.25, 0.3) is 0 Å². The van der Waals surface area contributed by atoms with E-state index in [1.165, 1.54) is 0 Å². The number of hydrogen-bond acceptors (Lipinski definition) is 8. The largest absolute Gasteiger partial charge is 0.511 e. The molecular weight excluding hydrogens is 408 g/mol. The maximum atomic E-state index is 12.3. The van der Waals surface area contributed by atoms with E-state index in [9.17, 15) is 19.2 Å². The molecule has 1 rings (SSSR count). The lowest BCUT2D eigenvalue weighted by Crippen LogP contribution is -2.50. The molecule has 0 saturated carbocycles. The maximum Gasteiger partial charge on any atom is 0.511 e. The number of carbonyl (C=O) groups excluding carboxylic acids is 3. The Bertz CT molecular complexity index is 684. The molecule has 0 heterocycles. The summed E-state index contributed by atoms with van der Waals surface area (Å²) < 4.78 is 14.2. The minimum atomic E-state index is -1.33. The van der Waals surface area contributed by atoms with E-state index >= 15 is 0 Å². The van der Waals surface area contributed by atoms with Crippen molar-refractivity contribution in [2.45, 2.75) is 44.9 Å². The molecule has 0 fully saturated rings. The first kappa shape index (κ1) is 26.1. The van der Waals surface area contributed by atoms with Crippen molar-refractivity contribution in [1.82, 2.24) is 5.32 Å². The average molecular weight is 433 g/mol. The van der Waals surface area contributed by atoms with Gasteiger partial charge in [-0.05, 0) is 19.4 Å². The lowest BCUT2D eigenvalue weighted by Gasteiger charge is -2.19. The van der Waals surface area contributed by atoms with Gasteiger partial charge < -0.3 is 30.4 Å². The molecule has 0 aliphatic rings. The van der Waals surface area contributed by atoms with Crippen LogP contribution in [0.1, 0.15) is 25.8 Å². The zero-order valence-electron chi connectivity index (χ0n) is 16.0. The third kappa shape index (κ3) is 10.9. The number of ether oxygens (including phenoxy) is 3. The number of hydrogen-bond donors (Lipinski definition) is 3. The standard InChI is InChI=1S/C18H24N2O8.ClH/c1-11(2)28-18(25)27-10-26-17(24)14(8-12-6-4-3-5-7-12)20-16(23)13(19)9-15(21)22;/h3-7,11,13-14H,8-10,19H2,1-2H3,(H,20,23)(H,21,22);1H/t13?,14-;/m0./s1. The number of carboxylic acid groups (broad SMARTS) is 1. The van der Waals surface area contributed by atoms with Gasteiger partial charge in [0, 0.05) is 6.42 Å². The summed E-state index contributed by atoms with van der Waals surface area (Å²) in [6.07, 6.45) is -1.93. The molecule has 0 bridgehead atoms. The van der Waals surface area contributed by atoms with Crippen LogP contribution in [0.3, 0.4) is 0 Å². The van der Waals surface area contributed by atoms with Crippen LogP contribution in [0.2, 0.25) is 0 Å². The Hall–Kier alpha value is -2.85. The maximum absolute atomic E-state index is 12.3. The highest BCUT2D eigenvalue weighted by Crippen LogP contribution is 2.06. The molecule has 10 nitrogen and oxygen atoms in total. The summed E-state index contributed by atoms with van der Waals surface area (Å²) in [7, 11) is 0. The first-order valence-corrected chi connectivity index (χ1v) is 8.50. The topological polar surface area (TPSA) is 154 Å². The number of esters is 1. The summed E-state index contributed by atoms with van der Waals surface area (Å²) in [6, 6.07) is 6.27. The molecule has 1 amide bonds. The van der Waals surface area contributed by atoms with Crippen LogP contribution in [-0.2, 0) is 35.0 Å². The van der Waals surface area contributed by atoms with Crippen LogP contribution in [-0.4, -0.2) is 54.1 Å². The first-order chi connectivity index (χ1) is 13.2. The average Bonchev–Trinajstić information content (AvgIpc) is 2.60. The van der Waals surface area contributed by atoms with E-state index in [-0.39, 0.29) is 18.8 Å². The molecule has 0 aliphatic heterocycles. The van der Waals surface area contributed by atoms with Gasteiger partial charge in [0.05, 0.1) is 18.6 Å². The van der Waals surface area contributed by atoms with Gasteiger partial charge in [0.2, 0.25) is 12.7 Å². The molecule has 4 N–H and O–H groups in total. The van der Waals surface area contributed by atoms with Crippen LogP contribution in [0.4, 0.5) is 4.79 Å². The molecule has 0 saturated heterocycles. The second-order valence-corrected chi connectivity index (χ2v) is 6.10. The summed E-state index contributed by atoms with van der Waals surface area (Å²) in [5, 5.41) is 11.1. The quantitative estimate of drug-likeness (QED) is 0.362. The van der Waals surface area contributed by atoms with Gasteiger partial charge in [-0.2, -0.15) is 0 Å². The van der Waals surface area contributed by atoms with E-state index in [0.29, 0.717) is 0 Å². The van der Waals surface area contributed by atoms with Crippen molar-refractivity contribution in [3.8, 4) is 0 Å². The lowest BCUT2D eigenvalue weighted by atomic mass is 10.1.